The van der Waals surface area contributed by atoms with Crippen molar-refractivity contribution in [3.05, 3.63) is 70.8 Å². The van der Waals surface area contributed by atoms with Gasteiger partial charge in [0.2, 0.25) is 0 Å². The van der Waals surface area contributed by atoms with Crippen LogP contribution in [-0.4, -0.2) is 12.3 Å². The van der Waals surface area contributed by atoms with Crippen LogP contribution in [0.2, 0.25) is 0 Å². The van der Waals surface area contributed by atoms with Gasteiger partial charge in [-0.05, 0) is 31.0 Å². The smallest absolute Gasteiger partial charge is 0.167 e. The number of fused-ring (bicyclic) bond motifs is 1. The molecule has 108 valence electrons. The molecule has 0 spiro atoms. The summed E-state index contributed by atoms with van der Waals surface area (Å²) in [6.07, 6.45) is 0.986. The SMILES string of the molecule is Cc1ccc2c(c1)C(NCCc1ccccc1)C(C)C2=O. The van der Waals surface area contributed by atoms with Crippen LogP contribution in [0.25, 0.3) is 0 Å². The molecule has 0 fully saturated rings. The number of hydrogen-bond acceptors (Lipinski definition) is 2. The molecule has 0 aromatic heterocycles. The number of carbonyl (C=O) groups is 1. The third kappa shape index (κ3) is 2.77. The lowest BCUT2D eigenvalue weighted by Gasteiger charge is -2.18. The summed E-state index contributed by atoms with van der Waals surface area (Å²) in [4.78, 5) is 12.3. The molecule has 0 bridgehead atoms. The van der Waals surface area contributed by atoms with Gasteiger partial charge in [0.1, 0.15) is 0 Å². The Labute approximate surface area is 126 Å². The highest BCUT2D eigenvalue weighted by atomic mass is 16.1. The number of rotatable bonds is 4. The Hall–Kier alpha value is -1.93. The van der Waals surface area contributed by atoms with Gasteiger partial charge in [0.05, 0.1) is 0 Å². The van der Waals surface area contributed by atoms with Gasteiger partial charge in [0.25, 0.3) is 0 Å². The first-order valence-electron chi connectivity index (χ1n) is 7.59. The van der Waals surface area contributed by atoms with Gasteiger partial charge in [-0.3, -0.25) is 4.79 Å². The van der Waals surface area contributed by atoms with Crippen molar-refractivity contribution in [2.45, 2.75) is 26.3 Å². The van der Waals surface area contributed by atoms with E-state index in [-0.39, 0.29) is 17.7 Å². The third-order valence-electron chi connectivity index (χ3n) is 4.34. The van der Waals surface area contributed by atoms with Crippen LogP contribution >= 0.6 is 0 Å². The van der Waals surface area contributed by atoms with E-state index in [1.807, 2.05) is 25.1 Å². The predicted molar refractivity (Wildman–Crippen MR) is 85.6 cm³/mol. The quantitative estimate of drug-likeness (QED) is 0.924. The van der Waals surface area contributed by atoms with E-state index in [1.54, 1.807) is 0 Å². The molecular weight excluding hydrogens is 258 g/mol. The zero-order chi connectivity index (χ0) is 14.8. The van der Waals surface area contributed by atoms with E-state index in [9.17, 15) is 4.79 Å². The van der Waals surface area contributed by atoms with Crippen molar-refractivity contribution in [3.8, 4) is 0 Å². The van der Waals surface area contributed by atoms with Gasteiger partial charge in [-0.25, -0.2) is 0 Å². The van der Waals surface area contributed by atoms with Crippen molar-refractivity contribution in [3.63, 3.8) is 0 Å². The summed E-state index contributed by atoms with van der Waals surface area (Å²) in [5, 5.41) is 3.57. The Kier molecular flexibility index (Phi) is 3.89. The highest BCUT2D eigenvalue weighted by molar-refractivity contribution is 6.02. The van der Waals surface area contributed by atoms with Gasteiger partial charge in [-0.15, -0.1) is 0 Å². The number of aryl methyl sites for hydroxylation is 1. The molecule has 0 radical (unpaired) electrons. The van der Waals surface area contributed by atoms with E-state index >= 15 is 0 Å². The lowest BCUT2D eigenvalue weighted by molar-refractivity contribution is 0.0927. The zero-order valence-electron chi connectivity index (χ0n) is 12.6. The Balaban J connectivity index is 1.71. The maximum absolute atomic E-state index is 12.3. The molecule has 2 aromatic rings. The molecule has 21 heavy (non-hydrogen) atoms. The number of nitrogens with one attached hydrogen (secondary N) is 1. The van der Waals surface area contributed by atoms with Crippen molar-refractivity contribution in [2.75, 3.05) is 6.54 Å². The maximum atomic E-state index is 12.3. The first kappa shape index (κ1) is 14.0. The van der Waals surface area contributed by atoms with Crippen LogP contribution in [0.15, 0.2) is 48.5 Å². The molecule has 0 saturated carbocycles. The van der Waals surface area contributed by atoms with Crippen LogP contribution in [0, 0.1) is 12.8 Å². The first-order valence-corrected chi connectivity index (χ1v) is 7.59. The highest BCUT2D eigenvalue weighted by Crippen LogP contribution is 2.36. The van der Waals surface area contributed by atoms with Crippen LogP contribution in [0.3, 0.4) is 0 Å². The second kappa shape index (κ2) is 5.82. The number of carbonyl (C=O) groups excluding carboxylic acids is 1. The van der Waals surface area contributed by atoms with Crippen LogP contribution in [0.5, 0.6) is 0 Å². The summed E-state index contributed by atoms with van der Waals surface area (Å²) in [6, 6.07) is 16.7. The minimum atomic E-state index is 0.0255. The topological polar surface area (TPSA) is 29.1 Å². The summed E-state index contributed by atoms with van der Waals surface area (Å²) < 4.78 is 0. The normalized spacial score (nSPS) is 20.6. The van der Waals surface area contributed by atoms with E-state index < -0.39 is 0 Å². The van der Waals surface area contributed by atoms with E-state index in [0.29, 0.717) is 0 Å². The number of Topliss-reactive ketones (excluding diaryl/α,β-unsaturated/α-hetero) is 1. The molecule has 1 aliphatic carbocycles. The molecule has 2 nitrogen and oxygen atoms in total. The molecular formula is C19H21NO. The summed E-state index contributed by atoms with van der Waals surface area (Å²) in [5.74, 6) is 0.291. The van der Waals surface area contributed by atoms with Gasteiger partial charge in [-0.2, -0.15) is 0 Å². The van der Waals surface area contributed by atoms with Crippen LogP contribution in [0.1, 0.15) is 40.0 Å². The molecule has 2 unspecified atom stereocenters. The standard InChI is InChI=1S/C19H21NO/c1-13-8-9-16-17(12-13)18(14(2)19(16)21)20-11-10-15-6-4-3-5-7-15/h3-9,12,14,18,20H,10-11H2,1-2H3. The fourth-order valence-corrected chi connectivity index (χ4v) is 3.13. The van der Waals surface area contributed by atoms with E-state index in [0.717, 1.165) is 18.5 Å². The average Bonchev–Trinajstić information content (AvgIpc) is 2.73. The molecule has 0 aliphatic heterocycles. The lowest BCUT2D eigenvalue weighted by Crippen LogP contribution is -2.27. The van der Waals surface area contributed by atoms with Gasteiger partial charge in [0, 0.05) is 17.5 Å². The van der Waals surface area contributed by atoms with E-state index in [4.69, 9.17) is 0 Å². The Morgan fingerprint density at radius 1 is 1.10 bits per heavy atom. The Morgan fingerprint density at radius 3 is 2.62 bits per heavy atom. The monoisotopic (exact) mass is 279 g/mol. The minimum Gasteiger partial charge on any atom is -0.309 e. The Bertz CT molecular complexity index is 648. The van der Waals surface area contributed by atoms with Crippen LogP contribution < -0.4 is 5.32 Å². The van der Waals surface area contributed by atoms with Crippen molar-refractivity contribution < 1.29 is 4.79 Å². The highest BCUT2D eigenvalue weighted by Gasteiger charge is 2.35. The second-order valence-electron chi connectivity index (χ2n) is 5.91. The molecule has 0 saturated heterocycles. The Morgan fingerprint density at radius 2 is 1.86 bits per heavy atom. The second-order valence-corrected chi connectivity index (χ2v) is 5.91. The first-order chi connectivity index (χ1) is 10.2. The maximum Gasteiger partial charge on any atom is 0.167 e. The molecule has 0 amide bonds. The average molecular weight is 279 g/mol. The molecule has 2 aromatic carbocycles. The fraction of sp³-hybridized carbons (Fsp3) is 0.316. The zero-order valence-corrected chi connectivity index (χ0v) is 12.6. The summed E-state index contributed by atoms with van der Waals surface area (Å²) in [7, 11) is 0. The van der Waals surface area contributed by atoms with Gasteiger partial charge >= 0.3 is 0 Å². The molecule has 1 aliphatic rings. The minimum absolute atomic E-state index is 0.0255. The third-order valence-corrected chi connectivity index (χ3v) is 4.34. The summed E-state index contributed by atoms with van der Waals surface area (Å²) >= 11 is 0. The predicted octanol–water partition coefficient (Wildman–Crippen LogP) is 3.70. The molecule has 1 N–H and O–H groups in total. The van der Waals surface area contributed by atoms with Crippen molar-refractivity contribution >= 4 is 5.78 Å². The van der Waals surface area contributed by atoms with Gasteiger partial charge in [0.15, 0.2) is 5.78 Å². The van der Waals surface area contributed by atoms with Crippen molar-refractivity contribution in [1.82, 2.24) is 5.32 Å². The molecule has 2 atom stereocenters. The lowest BCUT2D eigenvalue weighted by atomic mass is 10.0. The van der Waals surface area contributed by atoms with Gasteiger partial charge < -0.3 is 5.32 Å². The van der Waals surface area contributed by atoms with Crippen LogP contribution in [0.4, 0.5) is 0 Å². The van der Waals surface area contributed by atoms with Crippen LogP contribution in [-0.2, 0) is 6.42 Å². The van der Waals surface area contributed by atoms with Crippen molar-refractivity contribution in [2.24, 2.45) is 5.92 Å². The molecule has 2 heteroatoms. The van der Waals surface area contributed by atoms with Gasteiger partial charge in [-0.1, -0.05) is 61.0 Å². The van der Waals surface area contributed by atoms with E-state index in [1.165, 1.54) is 16.7 Å². The number of benzene rings is 2. The summed E-state index contributed by atoms with van der Waals surface area (Å²) in [6.45, 7) is 4.99. The fourth-order valence-electron chi connectivity index (χ4n) is 3.13. The molecule has 3 rings (SSSR count). The van der Waals surface area contributed by atoms with E-state index in [2.05, 4.69) is 42.6 Å². The summed E-state index contributed by atoms with van der Waals surface area (Å²) in [5.41, 5.74) is 4.60. The molecule has 0 heterocycles. The number of hydrogen-bond donors (Lipinski definition) is 1. The largest absolute Gasteiger partial charge is 0.309 e. The number of ketones is 1. The van der Waals surface area contributed by atoms with Crippen molar-refractivity contribution in [1.29, 1.82) is 0 Å².